The summed E-state index contributed by atoms with van der Waals surface area (Å²) in [6.07, 6.45) is 3.75. The van der Waals surface area contributed by atoms with Crippen LogP contribution in [0.1, 0.15) is 11.1 Å². The van der Waals surface area contributed by atoms with Gasteiger partial charge in [0.2, 0.25) is 0 Å². The second kappa shape index (κ2) is 6.57. The van der Waals surface area contributed by atoms with E-state index in [0.717, 1.165) is 16.9 Å². The predicted molar refractivity (Wildman–Crippen MR) is 81.6 cm³/mol. The minimum absolute atomic E-state index is 0.0510. The highest BCUT2D eigenvalue weighted by molar-refractivity contribution is 5.95. The molecular weight excluding hydrogens is 250 g/mol. The third-order valence-electron chi connectivity index (χ3n) is 2.91. The van der Waals surface area contributed by atoms with E-state index in [9.17, 15) is 4.79 Å². The number of rotatable bonds is 5. The zero-order valence-electron chi connectivity index (χ0n) is 11.4. The molecule has 0 radical (unpaired) electrons. The fraction of sp³-hybridized carbons (Fsp3) is 0.118. The lowest BCUT2D eigenvalue weighted by molar-refractivity contribution is -0.113. The first kappa shape index (κ1) is 13.9. The number of methoxy groups -OCH3 is 1. The van der Waals surface area contributed by atoms with Crippen LogP contribution in [-0.4, -0.2) is 12.9 Å². The summed E-state index contributed by atoms with van der Waals surface area (Å²) < 4.78 is 5.14. The molecule has 3 heteroatoms. The Kier molecular flexibility index (Phi) is 4.56. The Morgan fingerprint density at radius 2 is 1.95 bits per heavy atom. The van der Waals surface area contributed by atoms with Crippen molar-refractivity contribution in [3.63, 3.8) is 0 Å². The van der Waals surface area contributed by atoms with Crippen molar-refractivity contribution in [2.24, 2.45) is 0 Å². The average molecular weight is 267 g/mol. The minimum atomic E-state index is 0.0510. The molecule has 2 rings (SSSR count). The highest BCUT2D eigenvalue weighted by Gasteiger charge is 2.01. The Balaban J connectivity index is 1.99. The zero-order valence-corrected chi connectivity index (χ0v) is 11.4. The maximum atomic E-state index is 11.9. The standard InChI is InChI=1S/C17H17NO2/c1-20-17-4-2-3-14(12-17)11-16(19)10-7-13-5-8-15(18)9-6-13/h2-10,12H,11,18H2,1H3/b10-7+. The summed E-state index contributed by atoms with van der Waals surface area (Å²) in [5, 5.41) is 0. The van der Waals surface area contributed by atoms with E-state index in [1.54, 1.807) is 19.3 Å². The quantitative estimate of drug-likeness (QED) is 0.669. The number of ether oxygens (including phenoxy) is 1. The molecule has 0 aliphatic rings. The molecule has 0 fully saturated rings. The van der Waals surface area contributed by atoms with Gasteiger partial charge in [-0.3, -0.25) is 4.79 Å². The summed E-state index contributed by atoms with van der Waals surface area (Å²) in [7, 11) is 1.61. The molecule has 0 atom stereocenters. The topological polar surface area (TPSA) is 52.3 Å². The Bertz CT molecular complexity index is 615. The summed E-state index contributed by atoms with van der Waals surface area (Å²) in [4.78, 5) is 11.9. The Morgan fingerprint density at radius 3 is 2.65 bits per heavy atom. The van der Waals surface area contributed by atoms with Gasteiger partial charge in [0.1, 0.15) is 5.75 Å². The largest absolute Gasteiger partial charge is 0.497 e. The van der Waals surface area contributed by atoms with Gasteiger partial charge in [-0.05, 0) is 41.5 Å². The highest BCUT2D eigenvalue weighted by Crippen LogP contribution is 2.13. The van der Waals surface area contributed by atoms with Crippen LogP contribution in [0.25, 0.3) is 6.08 Å². The smallest absolute Gasteiger partial charge is 0.160 e. The molecule has 0 heterocycles. The van der Waals surface area contributed by atoms with Crippen LogP contribution < -0.4 is 10.5 Å². The van der Waals surface area contributed by atoms with E-state index in [0.29, 0.717) is 12.1 Å². The van der Waals surface area contributed by atoms with Crippen LogP contribution in [0.3, 0.4) is 0 Å². The Labute approximate surface area is 118 Å². The molecule has 0 bridgehead atoms. The summed E-state index contributed by atoms with van der Waals surface area (Å²) in [6.45, 7) is 0. The number of carbonyl (C=O) groups is 1. The molecule has 2 N–H and O–H groups in total. The van der Waals surface area contributed by atoms with E-state index >= 15 is 0 Å². The number of anilines is 1. The number of hydrogen-bond acceptors (Lipinski definition) is 3. The monoisotopic (exact) mass is 267 g/mol. The summed E-state index contributed by atoms with van der Waals surface area (Å²) >= 11 is 0. The molecular formula is C17H17NO2. The summed E-state index contributed by atoms with van der Waals surface area (Å²) in [5.41, 5.74) is 8.22. The van der Waals surface area contributed by atoms with Gasteiger partial charge < -0.3 is 10.5 Å². The Hall–Kier alpha value is -2.55. The normalized spacial score (nSPS) is 10.7. The van der Waals surface area contributed by atoms with Crippen LogP contribution in [0.5, 0.6) is 5.75 Å². The lowest BCUT2D eigenvalue weighted by atomic mass is 10.1. The van der Waals surface area contributed by atoms with Crippen LogP contribution >= 0.6 is 0 Å². The van der Waals surface area contributed by atoms with Gasteiger partial charge in [-0.1, -0.05) is 30.3 Å². The van der Waals surface area contributed by atoms with Crippen LogP contribution in [-0.2, 0) is 11.2 Å². The fourth-order valence-electron chi connectivity index (χ4n) is 1.84. The molecule has 0 aliphatic carbocycles. The van der Waals surface area contributed by atoms with Crippen LogP contribution in [0.15, 0.2) is 54.6 Å². The van der Waals surface area contributed by atoms with Gasteiger partial charge in [-0.2, -0.15) is 0 Å². The number of ketones is 1. The van der Waals surface area contributed by atoms with Crippen LogP contribution in [0, 0.1) is 0 Å². The van der Waals surface area contributed by atoms with Crippen molar-refractivity contribution in [1.82, 2.24) is 0 Å². The molecule has 2 aromatic rings. The summed E-state index contributed by atoms with van der Waals surface area (Å²) in [5.74, 6) is 0.813. The molecule has 0 saturated heterocycles. The molecule has 0 saturated carbocycles. The van der Waals surface area contributed by atoms with Crippen molar-refractivity contribution in [1.29, 1.82) is 0 Å². The van der Waals surface area contributed by atoms with Gasteiger partial charge in [0, 0.05) is 12.1 Å². The van der Waals surface area contributed by atoms with E-state index < -0.39 is 0 Å². The van der Waals surface area contributed by atoms with E-state index in [4.69, 9.17) is 10.5 Å². The zero-order chi connectivity index (χ0) is 14.4. The van der Waals surface area contributed by atoms with E-state index in [-0.39, 0.29) is 5.78 Å². The molecule has 2 aromatic carbocycles. The second-order valence-electron chi connectivity index (χ2n) is 4.49. The van der Waals surface area contributed by atoms with Gasteiger partial charge in [-0.25, -0.2) is 0 Å². The molecule has 0 unspecified atom stereocenters. The average Bonchev–Trinajstić information content (AvgIpc) is 2.47. The molecule has 20 heavy (non-hydrogen) atoms. The maximum absolute atomic E-state index is 11.9. The van der Waals surface area contributed by atoms with Crippen molar-refractivity contribution in [3.8, 4) is 5.75 Å². The molecule has 0 aromatic heterocycles. The molecule has 0 spiro atoms. The van der Waals surface area contributed by atoms with Crippen molar-refractivity contribution < 1.29 is 9.53 Å². The van der Waals surface area contributed by atoms with Crippen molar-refractivity contribution in [3.05, 3.63) is 65.7 Å². The van der Waals surface area contributed by atoms with Crippen molar-refractivity contribution >= 4 is 17.5 Å². The molecule has 102 valence electrons. The first-order chi connectivity index (χ1) is 9.67. The van der Waals surface area contributed by atoms with Gasteiger partial charge >= 0.3 is 0 Å². The third kappa shape index (κ3) is 3.99. The third-order valence-corrected chi connectivity index (χ3v) is 2.91. The number of carbonyl (C=O) groups excluding carboxylic acids is 1. The SMILES string of the molecule is COc1cccc(CC(=O)/C=C/c2ccc(N)cc2)c1. The molecule has 0 aliphatic heterocycles. The predicted octanol–water partition coefficient (Wildman–Crippen LogP) is 3.10. The van der Waals surface area contributed by atoms with E-state index in [1.807, 2.05) is 48.5 Å². The van der Waals surface area contributed by atoms with Crippen molar-refractivity contribution in [2.75, 3.05) is 12.8 Å². The first-order valence-corrected chi connectivity index (χ1v) is 6.37. The maximum Gasteiger partial charge on any atom is 0.160 e. The second-order valence-corrected chi connectivity index (χ2v) is 4.49. The number of nitrogen functional groups attached to an aromatic ring is 1. The highest BCUT2D eigenvalue weighted by atomic mass is 16.5. The molecule has 0 amide bonds. The van der Waals surface area contributed by atoms with Gasteiger partial charge in [0.15, 0.2) is 5.78 Å². The van der Waals surface area contributed by atoms with Gasteiger partial charge in [0.25, 0.3) is 0 Å². The number of benzene rings is 2. The number of hydrogen-bond donors (Lipinski definition) is 1. The Morgan fingerprint density at radius 1 is 1.20 bits per heavy atom. The molecule has 3 nitrogen and oxygen atoms in total. The lowest BCUT2D eigenvalue weighted by Gasteiger charge is -2.02. The number of nitrogens with two attached hydrogens (primary N) is 1. The van der Waals surface area contributed by atoms with Gasteiger partial charge in [-0.15, -0.1) is 0 Å². The van der Waals surface area contributed by atoms with Crippen LogP contribution in [0.2, 0.25) is 0 Å². The van der Waals surface area contributed by atoms with Gasteiger partial charge in [0.05, 0.1) is 7.11 Å². The van der Waals surface area contributed by atoms with Crippen LogP contribution in [0.4, 0.5) is 5.69 Å². The lowest BCUT2D eigenvalue weighted by Crippen LogP contribution is -1.98. The first-order valence-electron chi connectivity index (χ1n) is 6.37. The summed E-state index contributed by atoms with van der Waals surface area (Å²) in [6, 6.07) is 14.9. The van der Waals surface area contributed by atoms with E-state index in [1.165, 1.54) is 0 Å². The van der Waals surface area contributed by atoms with E-state index in [2.05, 4.69) is 0 Å². The van der Waals surface area contributed by atoms with Crippen molar-refractivity contribution in [2.45, 2.75) is 6.42 Å². The minimum Gasteiger partial charge on any atom is -0.497 e. The fourth-order valence-corrected chi connectivity index (χ4v) is 1.84. The number of allylic oxidation sites excluding steroid dienone is 1.